The van der Waals surface area contributed by atoms with Crippen LogP contribution in [-0.2, 0) is 0 Å². The molecule has 5 heteroatoms. The van der Waals surface area contributed by atoms with Gasteiger partial charge in [0.15, 0.2) is 0 Å². The molecule has 0 spiro atoms. The molecule has 2 rings (SSSR count). The van der Waals surface area contributed by atoms with E-state index in [4.69, 9.17) is 0 Å². The van der Waals surface area contributed by atoms with Gasteiger partial charge in [0.25, 0.3) is 0 Å². The number of urea groups is 1. The summed E-state index contributed by atoms with van der Waals surface area (Å²) in [7, 11) is 0. The van der Waals surface area contributed by atoms with Crippen LogP contribution in [0.4, 0.5) is 16.2 Å². The second kappa shape index (κ2) is 6.16. The molecular weight excluding hydrogens is 254 g/mol. The molecule has 2 amide bonds. The molecule has 0 saturated carbocycles. The van der Waals surface area contributed by atoms with Gasteiger partial charge in [-0.05, 0) is 43.7 Å². The smallest absolute Gasteiger partial charge is 0.323 e. The van der Waals surface area contributed by atoms with Crippen LogP contribution in [0, 0.1) is 6.92 Å². The molecule has 2 aromatic rings. The van der Waals surface area contributed by atoms with Crippen molar-refractivity contribution in [3.63, 3.8) is 0 Å². The molecule has 1 aromatic heterocycles. The van der Waals surface area contributed by atoms with E-state index in [9.17, 15) is 9.90 Å². The lowest BCUT2D eigenvalue weighted by Crippen LogP contribution is -2.19. The molecule has 1 unspecified atom stereocenters. The average molecular weight is 271 g/mol. The number of pyridine rings is 1. The first kappa shape index (κ1) is 14.0. The topological polar surface area (TPSA) is 74.2 Å². The van der Waals surface area contributed by atoms with E-state index in [1.54, 1.807) is 49.5 Å². The van der Waals surface area contributed by atoms with Gasteiger partial charge in [0, 0.05) is 23.3 Å². The summed E-state index contributed by atoms with van der Waals surface area (Å²) in [4.78, 5) is 15.9. The fourth-order valence-electron chi connectivity index (χ4n) is 1.76. The monoisotopic (exact) mass is 271 g/mol. The van der Waals surface area contributed by atoms with Crippen molar-refractivity contribution in [1.82, 2.24) is 4.98 Å². The van der Waals surface area contributed by atoms with Gasteiger partial charge in [-0.1, -0.05) is 12.1 Å². The number of rotatable bonds is 3. The zero-order chi connectivity index (χ0) is 14.5. The van der Waals surface area contributed by atoms with E-state index < -0.39 is 6.10 Å². The number of hydrogen-bond donors (Lipinski definition) is 3. The third-order valence-electron chi connectivity index (χ3n) is 2.81. The Morgan fingerprint density at radius 2 is 1.80 bits per heavy atom. The van der Waals surface area contributed by atoms with Gasteiger partial charge < -0.3 is 15.7 Å². The van der Waals surface area contributed by atoms with Gasteiger partial charge in [-0.2, -0.15) is 0 Å². The molecule has 0 aliphatic carbocycles. The van der Waals surface area contributed by atoms with Crippen molar-refractivity contribution in [2.45, 2.75) is 20.0 Å². The number of aromatic nitrogens is 1. The lowest BCUT2D eigenvalue weighted by Gasteiger charge is -2.09. The van der Waals surface area contributed by atoms with Gasteiger partial charge in [0.2, 0.25) is 0 Å². The molecule has 0 aliphatic heterocycles. The summed E-state index contributed by atoms with van der Waals surface area (Å²) >= 11 is 0. The number of carbonyl (C=O) groups excluding carboxylic acids is 1. The van der Waals surface area contributed by atoms with Crippen molar-refractivity contribution in [3.8, 4) is 0 Å². The van der Waals surface area contributed by atoms with Crippen LogP contribution in [0.3, 0.4) is 0 Å². The van der Waals surface area contributed by atoms with E-state index in [-0.39, 0.29) is 6.03 Å². The Hall–Kier alpha value is -2.40. The summed E-state index contributed by atoms with van der Waals surface area (Å²) in [5, 5.41) is 14.9. The molecule has 0 aliphatic rings. The molecule has 5 nitrogen and oxygen atoms in total. The summed E-state index contributed by atoms with van der Waals surface area (Å²) < 4.78 is 0. The van der Waals surface area contributed by atoms with Crippen LogP contribution in [0.1, 0.15) is 24.3 Å². The largest absolute Gasteiger partial charge is 0.389 e. The molecule has 1 heterocycles. The van der Waals surface area contributed by atoms with Crippen molar-refractivity contribution < 1.29 is 9.90 Å². The Bertz CT molecular complexity index is 594. The zero-order valence-electron chi connectivity index (χ0n) is 11.4. The molecule has 0 radical (unpaired) electrons. The first-order valence-corrected chi connectivity index (χ1v) is 6.33. The standard InChI is InChI=1S/C15H17N3O2/c1-10-9-14(7-8-16-10)18-15(20)17-13-5-3-12(4-6-13)11(2)19/h3-9,11,19H,1-2H3,(H2,16,17,18,20). The maximum Gasteiger partial charge on any atom is 0.323 e. The Morgan fingerprint density at radius 1 is 1.15 bits per heavy atom. The third kappa shape index (κ3) is 3.80. The Balaban J connectivity index is 1.97. The van der Waals surface area contributed by atoms with Gasteiger partial charge in [-0.15, -0.1) is 0 Å². The summed E-state index contributed by atoms with van der Waals surface area (Å²) in [6, 6.07) is 10.2. The number of carbonyl (C=O) groups is 1. The van der Waals surface area contributed by atoms with Gasteiger partial charge in [0.05, 0.1) is 6.10 Å². The molecule has 104 valence electrons. The van der Waals surface area contributed by atoms with Crippen molar-refractivity contribution in [1.29, 1.82) is 0 Å². The minimum Gasteiger partial charge on any atom is -0.389 e. The van der Waals surface area contributed by atoms with Crippen molar-refractivity contribution in [3.05, 3.63) is 53.9 Å². The highest BCUT2D eigenvalue weighted by atomic mass is 16.3. The summed E-state index contributed by atoms with van der Waals surface area (Å²) in [5.41, 5.74) is 3.00. The number of aryl methyl sites for hydroxylation is 1. The number of amides is 2. The number of aliphatic hydroxyl groups is 1. The van der Waals surface area contributed by atoms with E-state index in [0.29, 0.717) is 11.4 Å². The molecule has 20 heavy (non-hydrogen) atoms. The fourth-order valence-corrected chi connectivity index (χ4v) is 1.76. The average Bonchev–Trinajstić information content (AvgIpc) is 2.39. The Morgan fingerprint density at radius 3 is 2.40 bits per heavy atom. The summed E-state index contributed by atoms with van der Waals surface area (Å²) in [6.45, 7) is 3.55. The van der Waals surface area contributed by atoms with Crippen LogP contribution in [0.2, 0.25) is 0 Å². The van der Waals surface area contributed by atoms with E-state index >= 15 is 0 Å². The second-order valence-corrected chi connectivity index (χ2v) is 4.56. The second-order valence-electron chi connectivity index (χ2n) is 4.56. The van der Waals surface area contributed by atoms with Gasteiger partial charge in [-0.25, -0.2) is 4.79 Å². The fraction of sp³-hybridized carbons (Fsp3) is 0.200. The molecule has 0 fully saturated rings. The first-order valence-electron chi connectivity index (χ1n) is 6.33. The highest BCUT2D eigenvalue weighted by Crippen LogP contribution is 2.16. The minimum absolute atomic E-state index is 0.319. The van der Waals surface area contributed by atoms with Crippen molar-refractivity contribution in [2.75, 3.05) is 10.6 Å². The highest BCUT2D eigenvalue weighted by molar-refractivity contribution is 5.99. The molecule has 1 aromatic carbocycles. The van der Waals surface area contributed by atoms with Crippen LogP contribution >= 0.6 is 0 Å². The lowest BCUT2D eigenvalue weighted by atomic mass is 10.1. The first-order chi connectivity index (χ1) is 9.54. The minimum atomic E-state index is -0.516. The number of hydrogen-bond acceptors (Lipinski definition) is 3. The maximum atomic E-state index is 11.8. The molecule has 1 atom stereocenters. The van der Waals surface area contributed by atoms with Crippen LogP contribution in [0.5, 0.6) is 0 Å². The Labute approximate surface area is 117 Å². The van der Waals surface area contributed by atoms with Crippen LogP contribution in [0.15, 0.2) is 42.6 Å². The molecule has 3 N–H and O–H groups in total. The number of anilines is 2. The SMILES string of the molecule is Cc1cc(NC(=O)Nc2ccc(C(C)O)cc2)ccn1. The van der Waals surface area contributed by atoms with Gasteiger partial charge in [-0.3, -0.25) is 4.98 Å². The van der Waals surface area contributed by atoms with E-state index in [1.165, 1.54) is 0 Å². The quantitative estimate of drug-likeness (QED) is 0.803. The predicted octanol–water partition coefficient (Wildman–Crippen LogP) is 3.09. The van der Waals surface area contributed by atoms with E-state index in [1.807, 2.05) is 6.92 Å². The van der Waals surface area contributed by atoms with E-state index in [2.05, 4.69) is 15.6 Å². The van der Waals surface area contributed by atoms with Crippen molar-refractivity contribution in [2.24, 2.45) is 0 Å². The highest BCUT2D eigenvalue weighted by Gasteiger charge is 2.04. The maximum absolute atomic E-state index is 11.8. The number of nitrogens with one attached hydrogen (secondary N) is 2. The zero-order valence-corrected chi connectivity index (χ0v) is 11.4. The predicted molar refractivity (Wildman–Crippen MR) is 78.7 cm³/mol. The number of nitrogens with zero attached hydrogens (tertiary/aromatic N) is 1. The van der Waals surface area contributed by atoms with Gasteiger partial charge in [0.1, 0.15) is 0 Å². The molecular formula is C15H17N3O2. The summed E-state index contributed by atoms with van der Waals surface area (Å²) in [5.74, 6) is 0. The molecule has 0 bridgehead atoms. The van der Waals surface area contributed by atoms with E-state index in [0.717, 1.165) is 11.3 Å². The number of benzene rings is 1. The summed E-state index contributed by atoms with van der Waals surface area (Å²) in [6.07, 6.45) is 1.13. The Kier molecular flexibility index (Phi) is 4.32. The van der Waals surface area contributed by atoms with Crippen molar-refractivity contribution >= 4 is 17.4 Å². The van der Waals surface area contributed by atoms with Crippen LogP contribution in [0.25, 0.3) is 0 Å². The molecule has 0 saturated heterocycles. The van der Waals surface area contributed by atoms with Crippen LogP contribution < -0.4 is 10.6 Å². The normalized spacial score (nSPS) is 11.8. The third-order valence-corrected chi connectivity index (χ3v) is 2.81. The van der Waals surface area contributed by atoms with Gasteiger partial charge >= 0.3 is 6.03 Å². The lowest BCUT2D eigenvalue weighted by molar-refractivity contribution is 0.199. The number of aliphatic hydroxyl groups excluding tert-OH is 1. The van der Waals surface area contributed by atoms with Crippen LogP contribution in [-0.4, -0.2) is 16.1 Å².